The van der Waals surface area contributed by atoms with Crippen molar-refractivity contribution in [1.29, 1.82) is 0 Å². The van der Waals surface area contributed by atoms with Gasteiger partial charge in [0.15, 0.2) is 0 Å². The number of benzene rings is 2. The molecule has 0 saturated heterocycles. The van der Waals surface area contributed by atoms with Crippen molar-refractivity contribution >= 4 is 5.97 Å². The fraction of sp³-hybridized carbons (Fsp3) is 0.133. The molecular formula is C15H14O3. The van der Waals surface area contributed by atoms with Crippen LogP contribution in [0.4, 0.5) is 0 Å². The Hall–Kier alpha value is -2.29. The molecule has 2 aromatic rings. The monoisotopic (exact) mass is 242 g/mol. The summed E-state index contributed by atoms with van der Waals surface area (Å²) in [6, 6.07) is 15.8. The number of rotatable bonds is 4. The summed E-state index contributed by atoms with van der Waals surface area (Å²) in [6.07, 6.45) is 0.445. The lowest BCUT2D eigenvalue weighted by Gasteiger charge is -2.12. The van der Waals surface area contributed by atoms with E-state index >= 15 is 0 Å². The standard InChI is InChI=1S/C15H14O3/c16-13-8-6-12(7-9-13)14(15(17)18)10-11-4-2-1-3-5-11/h1-9,14,16H,10H2,(H,17,18)/t14-/m1/s1. The van der Waals surface area contributed by atoms with Crippen molar-refractivity contribution in [2.24, 2.45) is 0 Å². The lowest BCUT2D eigenvalue weighted by atomic mass is 9.92. The molecule has 0 spiro atoms. The molecule has 0 saturated carbocycles. The predicted octanol–water partition coefficient (Wildman–Crippen LogP) is 2.80. The first-order valence-corrected chi connectivity index (χ1v) is 5.72. The minimum Gasteiger partial charge on any atom is -0.508 e. The molecule has 18 heavy (non-hydrogen) atoms. The highest BCUT2D eigenvalue weighted by Crippen LogP contribution is 2.23. The van der Waals surface area contributed by atoms with Crippen molar-refractivity contribution in [2.75, 3.05) is 0 Å². The van der Waals surface area contributed by atoms with E-state index in [0.717, 1.165) is 5.56 Å². The Kier molecular flexibility index (Phi) is 3.63. The Bertz CT molecular complexity index is 517. The zero-order valence-corrected chi connectivity index (χ0v) is 9.78. The molecule has 92 valence electrons. The zero-order valence-electron chi connectivity index (χ0n) is 9.78. The van der Waals surface area contributed by atoms with Gasteiger partial charge in [-0.2, -0.15) is 0 Å². The number of aliphatic carboxylic acids is 1. The summed E-state index contributed by atoms with van der Waals surface area (Å²) in [5.74, 6) is -1.31. The van der Waals surface area contributed by atoms with E-state index < -0.39 is 11.9 Å². The third-order valence-corrected chi connectivity index (χ3v) is 2.88. The van der Waals surface area contributed by atoms with Gasteiger partial charge >= 0.3 is 5.97 Å². The van der Waals surface area contributed by atoms with E-state index in [1.165, 1.54) is 12.1 Å². The number of phenols is 1. The van der Waals surface area contributed by atoms with Gasteiger partial charge in [0.2, 0.25) is 0 Å². The topological polar surface area (TPSA) is 57.5 Å². The smallest absolute Gasteiger partial charge is 0.311 e. The van der Waals surface area contributed by atoms with Crippen LogP contribution >= 0.6 is 0 Å². The molecule has 0 unspecified atom stereocenters. The Morgan fingerprint density at radius 3 is 2.17 bits per heavy atom. The molecule has 3 heteroatoms. The van der Waals surface area contributed by atoms with Gasteiger partial charge in [-0.15, -0.1) is 0 Å². The molecule has 0 aliphatic heterocycles. The van der Waals surface area contributed by atoms with Crippen molar-refractivity contribution in [3.05, 3.63) is 65.7 Å². The van der Waals surface area contributed by atoms with Gasteiger partial charge in [0.25, 0.3) is 0 Å². The minimum absolute atomic E-state index is 0.141. The molecule has 0 aliphatic carbocycles. The van der Waals surface area contributed by atoms with E-state index in [2.05, 4.69) is 0 Å². The molecule has 0 amide bonds. The summed E-state index contributed by atoms with van der Waals surface area (Å²) in [5, 5.41) is 18.5. The summed E-state index contributed by atoms with van der Waals surface area (Å²) in [7, 11) is 0. The molecule has 0 heterocycles. The Balaban J connectivity index is 2.24. The van der Waals surface area contributed by atoms with E-state index in [0.29, 0.717) is 12.0 Å². The van der Waals surface area contributed by atoms with Gasteiger partial charge in [0.05, 0.1) is 5.92 Å². The molecule has 0 bridgehead atoms. The number of carboxylic acid groups (broad SMARTS) is 1. The quantitative estimate of drug-likeness (QED) is 0.866. The molecule has 0 aliphatic rings. The van der Waals surface area contributed by atoms with Crippen molar-refractivity contribution in [2.45, 2.75) is 12.3 Å². The molecule has 0 radical (unpaired) electrons. The van der Waals surface area contributed by atoms with Gasteiger partial charge in [-0.25, -0.2) is 0 Å². The van der Waals surface area contributed by atoms with E-state index in [1.807, 2.05) is 30.3 Å². The van der Waals surface area contributed by atoms with E-state index in [4.69, 9.17) is 0 Å². The Labute approximate surface area is 105 Å². The van der Waals surface area contributed by atoms with Crippen molar-refractivity contribution < 1.29 is 15.0 Å². The van der Waals surface area contributed by atoms with Crippen LogP contribution in [0.1, 0.15) is 17.0 Å². The van der Waals surface area contributed by atoms with Crippen molar-refractivity contribution in [3.63, 3.8) is 0 Å². The van der Waals surface area contributed by atoms with Crippen LogP contribution in [-0.2, 0) is 11.2 Å². The van der Waals surface area contributed by atoms with Gasteiger partial charge in [-0.05, 0) is 29.7 Å². The summed E-state index contributed by atoms with van der Waals surface area (Å²) in [6.45, 7) is 0. The van der Waals surface area contributed by atoms with E-state index in [1.54, 1.807) is 12.1 Å². The molecule has 0 aromatic heterocycles. The van der Waals surface area contributed by atoms with Crippen molar-refractivity contribution in [1.82, 2.24) is 0 Å². The number of hydrogen-bond donors (Lipinski definition) is 2. The maximum absolute atomic E-state index is 11.3. The second kappa shape index (κ2) is 5.36. The van der Waals surface area contributed by atoms with Gasteiger partial charge in [0.1, 0.15) is 5.75 Å². The molecule has 2 aromatic carbocycles. The van der Waals surface area contributed by atoms with Crippen molar-refractivity contribution in [3.8, 4) is 5.75 Å². The number of hydrogen-bond acceptors (Lipinski definition) is 2. The maximum atomic E-state index is 11.3. The number of phenolic OH excluding ortho intramolecular Hbond substituents is 1. The number of aromatic hydroxyl groups is 1. The van der Waals surface area contributed by atoms with Crippen LogP contribution in [-0.4, -0.2) is 16.2 Å². The second-order valence-corrected chi connectivity index (χ2v) is 4.17. The van der Waals surface area contributed by atoms with Crippen LogP contribution < -0.4 is 0 Å². The zero-order chi connectivity index (χ0) is 13.0. The summed E-state index contributed by atoms with van der Waals surface area (Å²) < 4.78 is 0. The third-order valence-electron chi connectivity index (χ3n) is 2.88. The molecule has 0 fully saturated rings. The first-order chi connectivity index (χ1) is 8.66. The van der Waals surface area contributed by atoms with Crippen LogP contribution in [0.25, 0.3) is 0 Å². The molecular weight excluding hydrogens is 228 g/mol. The van der Waals surface area contributed by atoms with Gasteiger partial charge in [-0.3, -0.25) is 4.79 Å². The second-order valence-electron chi connectivity index (χ2n) is 4.17. The minimum atomic E-state index is -0.857. The van der Waals surface area contributed by atoms with Gasteiger partial charge < -0.3 is 10.2 Å². The van der Waals surface area contributed by atoms with Gasteiger partial charge in [-0.1, -0.05) is 42.5 Å². The highest BCUT2D eigenvalue weighted by Gasteiger charge is 2.20. The fourth-order valence-electron chi connectivity index (χ4n) is 1.90. The number of carboxylic acids is 1. The average Bonchev–Trinajstić information content (AvgIpc) is 2.38. The predicted molar refractivity (Wildman–Crippen MR) is 68.6 cm³/mol. The summed E-state index contributed by atoms with van der Waals surface area (Å²) >= 11 is 0. The largest absolute Gasteiger partial charge is 0.508 e. The van der Waals surface area contributed by atoms with Crippen LogP contribution in [0.2, 0.25) is 0 Å². The van der Waals surface area contributed by atoms with Crippen LogP contribution in [0.15, 0.2) is 54.6 Å². The van der Waals surface area contributed by atoms with E-state index in [9.17, 15) is 15.0 Å². The first-order valence-electron chi connectivity index (χ1n) is 5.72. The van der Waals surface area contributed by atoms with Crippen LogP contribution in [0.5, 0.6) is 5.75 Å². The number of carbonyl (C=O) groups is 1. The SMILES string of the molecule is O=C(O)[C@H](Cc1ccccc1)c1ccc(O)cc1. The highest BCUT2D eigenvalue weighted by molar-refractivity contribution is 5.76. The normalized spacial score (nSPS) is 12.0. The van der Waals surface area contributed by atoms with Crippen LogP contribution in [0.3, 0.4) is 0 Å². The average molecular weight is 242 g/mol. The Morgan fingerprint density at radius 1 is 1.00 bits per heavy atom. The summed E-state index contributed by atoms with van der Waals surface area (Å²) in [4.78, 5) is 11.3. The fourth-order valence-corrected chi connectivity index (χ4v) is 1.90. The van der Waals surface area contributed by atoms with Crippen LogP contribution in [0, 0.1) is 0 Å². The van der Waals surface area contributed by atoms with E-state index in [-0.39, 0.29) is 5.75 Å². The Morgan fingerprint density at radius 2 is 1.61 bits per heavy atom. The highest BCUT2D eigenvalue weighted by atomic mass is 16.4. The molecule has 1 atom stereocenters. The summed E-state index contributed by atoms with van der Waals surface area (Å²) in [5.41, 5.74) is 1.68. The molecule has 2 rings (SSSR count). The lowest BCUT2D eigenvalue weighted by molar-refractivity contribution is -0.138. The lowest BCUT2D eigenvalue weighted by Crippen LogP contribution is -2.14. The maximum Gasteiger partial charge on any atom is 0.311 e. The van der Waals surface area contributed by atoms with Gasteiger partial charge in [0, 0.05) is 0 Å². The first kappa shape index (κ1) is 12.2. The third kappa shape index (κ3) is 2.88. The molecule has 2 N–H and O–H groups in total. The molecule has 3 nitrogen and oxygen atoms in total.